The largest absolute Gasteiger partial charge is 0 e. The second kappa shape index (κ2) is 31.2. The topological polar surface area (TPSA) is 23.8 Å². The SMILES string of the molecule is N#[C][Fe].[Co].[Fe].[Ni]. The van der Waals surface area contributed by atoms with Gasteiger partial charge in [-0.1, -0.05) is 0 Å². The summed E-state index contributed by atoms with van der Waals surface area (Å²) in [5.74, 6) is 0. The zero-order valence-electron chi connectivity index (χ0n) is 2.30. The molecule has 0 aliphatic heterocycles. The van der Waals surface area contributed by atoms with Gasteiger partial charge in [0.1, 0.15) is 0 Å². The first-order chi connectivity index (χ1) is 1.41. The fraction of sp³-hybridized carbons (Fsp3) is 0. The van der Waals surface area contributed by atoms with Gasteiger partial charge in [0.2, 0.25) is 0 Å². The molecule has 0 rings (SSSR count). The van der Waals surface area contributed by atoms with Crippen LogP contribution in [0.2, 0.25) is 0 Å². The maximum atomic E-state index is 7.21. The van der Waals surface area contributed by atoms with E-state index in [1.807, 2.05) is 0 Å². The van der Waals surface area contributed by atoms with Gasteiger partial charge in [0.25, 0.3) is 0 Å². The summed E-state index contributed by atoms with van der Waals surface area (Å²) in [4.78, 5) is 1.50. The molecule has 5 heteroatoms. The monoisotopic (exact) mass is 255 g/mol. The second-order valence-electron chi connectivity index (χ2n) is 0.0791. The standard InChI is InChI=1S/CN.Co.2Fe.Ni/c1-2;;;;. The predicted octanol–water partition coefficient (Wildman–Crippen LogP) is 0.00678. The molecule has 0 aromatic carbocycles. The molecule has 6 heavy (non-hydrogen) atoms. The number of nitrogens with zero attached hydrogens (tertiary/aromatic N) is 1. The fourth-order valence-corrected chi connectivity index (χ4v) is 0. The minimum atomic E-state index is 0. The van der Waals surface area contributed by atoms with E-state index in [-0.39, 0.29) is 50.3 Å². The fourth-order valence-electron chi connectivity index (χ4n) is 0. The van der Waals surface area contributed by atoms with Crippen LogP contribution < -0.4 is 0 Å². The maximum Gasteiger partial charge on any atom is 0 e. The van der Waals surface area contributed by atoms with Crippen LogP contribution in [-0.4, -0.2) is 0 Å². The maximum absolute atomic E-state index is 7.21. The Hall–Kier alpha value is 1.53. The van der Waals surface area contributed by atoms with Crippen molar-refractivity contribution in [3.8, 4) is 4.97 Å². The Morgan fingerprint density at radius 2 is 1.50 bits per heavy atom. The van der Waals surface area contributed by atoms with Gasteiger partial charge in [-0.25, -0.2) is 0 Å². The Bertz CT molecular complexity index is 35.0. The van der Waals surface area contributed by atoms with Crippen LogP contribution in [0, 0.1) is 10.2 Å². The van der Waals surface area contributed by atoms with Crippen molar-refractivity contribution in [1.82, 2.24) is 0 Å². The molecular formula is CCoFe2NNi. The number of rotatable bonds is 0. The first-order valence-electron chi connectivity index (χ1n) is 0.400. The van der Waals surface area contributed by atoms with Crippen LogP contribution in [0.4, 0.5) is 0 Å². The summed E-state index contributed by atoms with van der Waals surface area (Å²) in [6.07, 6.45) is 0. The third-order valence-corrected chi connectivity index (χ3v) is 0. The van der Waals surface area contributed by atoms with E-state index in [0.29, 0.717) is 0 Å². The summed E-state index contributed by atoms with van der Waals surface area (Å²) in [6.45, 7) is 0. The van der Waals surface area contributed by atoms with E-state index in [4.69, 9.17) is 5.26 Å². The molecule has 0 saturated carbocycles. The van der Waals surface area contributed by atoms with Crippen molar-refractivity contribution in [2.45, 2.75) is 0 Å². The van der Waals surface area contributed by atoms with Crippen LogP contribution >= 0.6 is 0 Å². The quantitative estimate of drug-likeness (QED) is 0.559. The van der Waals surface area contributed by atoms with Gasteiger partial charge in [-0.15, -0.1) is 0 Å². The summed E-state index contributed by atoms with van der Waals surface area (Å²) >= 11 is 2.79. The van der Waals surface area contributed by atoms with Gasteiger partial charge in [-0.3, -0.25) is 0 Å². The Morgan fingerprint density at radius 3 is 1.50 bits per heavy atom. The summed E-state index contributed by atoms with van der Waals surface area (Å²) < 4.78 is 0. The van der Waals surface area contributed by atoms with Gasteiger partial charge < -0.3 is 0 Å². The van der Waals surface area contributed by atoms with Crippen LogP contribution in [0.1, 0.15) is 0 Å². The van der Waals surface area contributed by atoms with Crippen molar-refractivity contribution in [2.24, 2.45) is 0 Å². The van der Waals surface area contributed by atoms with Gasteiger partial charge in [-0.05, 0) is 0 Å². The molecule has 1 nitrogen and oxygen atoms in total. The van der Waals surface area contributed by atoms with Crippen molar-refractivity contribution in [1.29, 1.82) is 5.26 Å². The number of hydrogen-bond donors (Lipinski definition) is 0. The molecule has 0 aromatic rings. The third-order valence-electron chi connectivity index (χ3n) is 0. The van der Waals surface area contributed by atoms with Gasteiger partial charge in [-0.2, -0.15) is 0 Å². The summed E-state index contributed by atoms with van der Waals surface area (Å²) in [5, 5.41) is 7.21. The number of hydrogen-bond acceptors (Lipinski definition) is 1. The Balaban J connectivity index is -0.00000000667. The van der Waals surface area contributed by atoms with Gasteiger partial charge in [0.15, 0.2) is 0 Å². The minimum Gasteiger partial charge on any atom is 0 e. The average molecular weight is 255 g/mol. The number of nitriles is 1. The third kappa shape index (κ3) is 48.5. The molecule has 44 valence electrons. The molecule has 0 unspecified atom stereocenters. The first kappa shape index (κ1) is 25.8. The molecule has 0 bridgehead atoms. The van der Waals surface area contributed by atoms with Crippen LogP contribution in [-0.2, 0) is 66.4 Å². The van der Waals surface area contributed by atoms with Gasteiger partial charge in [0, 0.05) is 50.3 Å². The van der Waals surface area contributed by atoms with E-state index in [1.165, 1.54) is 4.97 Å². The molecule has 0 fully saturated rings. The Labute approximate surface area is 76.0 Å². The van der Waals surface area contributed by atoms with Crippen LogP contribution in [0.15, 0.2) is 0 Å². The predicted molar refractivity (Wildman–Crippen MR) is 5.61 cm³/mol. The molecule has 0 aromatic heterocycles. The molecule has 0 aliphatic rings. The van der Waals surface area contributed by atoms with E-state index in [2.05, 4.69) is 16.0 Å². The Kier molecular flexibility index (Phi) is 134. The van der Waals surface area contributed by atoms with Gasteiger partial charge >= 0.3 is 26.2 Å². The van der Waals surface area contributed by atoms with E-state index in [9.17, 15) is 0 Å². The van der Waals surface area contributed by atoms with Crippen LogP contribution in [0.25, 0.3) is 0 Å². The molecular weight excluding hydrogens is 255 g/mol. The smallest absolute Gasteiger partial charge is 0 e. The van der Waals surface area contributed by atoms with Crippen molar-refractivity contribution in [3.63, 3.8) is 0 Å². The van der Waals surface area contributed by atoms with Crippen LogP contribution in [0.5, 0.6) is 0 Å². The second-order valence-corrected chi connectivity index (χ2v) is 0.326. The molecule has 0 atom stereocenters. The van der Waals surface area contributed by atoms with Crippen molar-refractivity contribution >= 4 is 0 Å². The van der Waals surface area contributed by atoms with Gasteiger partial charge in [0.05, 0.1) is 0 Å². The zero-order valence-corrected chi connectivity index (χ0v) is 6.54. The first-order valence-corrected chi connectivity index (χ1v) is 0.952. The summed E-state index contributed by atoms with van der Waals surface area (Å²) in [6, 6.07) is 0. The van der Waals surface area contributed by atoms with Crippen molar-refractivity contribution < 1.29 is 66.4 Å². The molecule has 1 radical (unpaired) electrons. The van der Waals surface area contributed by atoms with Crippen molar-refractivity contribution in [2.75, 3.05) is 0 Å². The molecule has 0 N–H and O–H groups in total. The summed E-state index contributed by atoms with van der Waals surface area (Å²) in [5.41, 5.74) is 0. The Morgan fingerprint density at radius 1 is 1.50 bits per heavy atom. The van der Waals surface area contributed by atoms with E-state index in [0.717, 1.165) is 0 Å². The average Bonchev–Trinajstić information content (AvgIpc) is 0.918. The van der Waals surface area contributed by atoms with Crippen molar-refractivity contribution in [3.05, 3.63) is 0 Å². The van der Waals surface area contributed by atoms with Crippen LogP contribution in [0.3, 0.4) is 0 Å². The van der Waals surface area contributed by atoms with E-state index < -0.39 is 0 Å². The molecule has 0 spiro atoms. The molecule has 0 saturated heterocycles. The minimum absolute atomic E-state index is 0. The zero-order chi connectivity index (χ0) is 2.71. The van der Waals surface area contributed by atoms with E-state index in [1.54, 1.807) is 0 Å². The van der Waals surface area contributed by atoms with E-state index >= 15 is 0 Å². The normalized spacial score (nSPS) is 1.33. The summed E-state index contributed by atoms with van der Waals surface area (Å²) in [7, 11) is 0. The molecule has 0 heterocycles. The molecule has 0 amide bonds. The molecule has 0 aliphatic carbocycles.